The van der Waals surface area contributed by atoms with E-state index in [1.807, 2.05) is 7.05 Å². The van der Waals surface area contributed by atoms with Gasteiger partial charge in [0, 0.05) is 33.8 Å². The lowest BCUT2D eigenvalue weighted by Crippen LogP contribution is -2.47. The van der Waals surface area contributed by atoms with Crippen LogP contribution in [0.3, 0.4) is 0 Å². The summed E-state index contributed by atoms with van der Waals surface area (Å²) >= 11 is 0. The molecule has 0 saturated carbocycles. The van der Waals surface area contributed by atoms with E-state index in [2.05, 4.69) is 5.32 Å². The predicted octanol–water partition coefficient (Wildman–Crippen LogP) is -0.259. The second-order valence-electron chi connectivity index (χ2n) is 4.72. The summed E-state index contributed by atoms with van der Waals surface area (Å²) in [5.74, 6) is 0.589. The van der Waals surface area contributed by atoms with Gasteiger partial charge in [-0.25, -0.2) is 0 Å². The maximum atomic E-state index is 12.2. The average Bonchev–Trinajstić information content (AvgIpc) is 2.37. The van der Waals surface area contributed by atoms with Crippen LogP contribution in [0.5, 0.6) is 0 Å². The molecule has 108 valence electrons. The highest BCUT2D eigenvalue weighted by Crippen LogP contribution is 2.20. The molecule has 7 heteroatoms. The molecule has 18 heavy (non-hydrogen) atoms. The van der Waals surface area contributed by atoms with Crippen LogP contribution in [0.2, 0.25) is 0 Å². The molecule has 0 amide bonds. The maximum absolute atomic E-state index is 12.2. The first-order chi connectivity index (χ1) is 8.52. The molecule has 0 aliphatic carbocycles. The summed E-state index contributed by atoms with van der Waals surface area (Å²) in [6.45, 7) is 3.02. The summed E-state index contributed by atoms with van der Waals surface area (Å²) in [4.78, 5) is 0. The van der Waals surface area contributed by atoms with Crippen molar-refractivity contribution in [2.45, 2.75) is 12.8 Å². The van der Waals surface area contributed by atoms with Gasteiger partial charge < -0.3 is 10.1 Å². The highest BCUT2D eigenvalue weighted by Gasteiger charge is 2.30. The van der Waals surface area contributed by atoms with Gasteiger partial charge in [0.2, 0.25) is 0 Å². The van der Waals surface area contributed by atoms with Crippen LogP contribution in [0.15, 0.2) is 0 Å². The topological polar surface area (TPSA) is 61.9 Å². The first-order valence-corrected chi connectivity index (χ1v) is 7.77. The number of nitrogens with one attached hydrogen (secondary N) is 1. The number of likely N-dealkylation sites (N-methyl/N-ethyl adjacent to an activating group) is 1. The molecular formula is C11H25N3O3S. The molecule has 0 atom stereocenters. The first kappa shape index (κ1) is 15.8. The second-order valence-corrected chi connectivity index (χ2v) is 6.76. The minimum absolute atomic E-state index is 0.398. The van der Waals surface area contributed by atoms with Crippen molar-refractivity contribution in [1.29, 1.82) is 0 Å². The van der Waals surface area contributed by atoms with Gasteiger partial charge >= 0.3 is 0 Å². The highest BCUT2D eigenvalue weighted by molar-refractivity contribution is 7.86. The van der Waals surface area contributed by atoms with Gasteiger partial charge in [0.05, 0.1) is 6.61 Å². The maximum Gasteiger partial charge on any atom is 0.281 e. The van der Waals surface area contributed by atoms with E-state index in [1.165, 1.54) is 4.31 Å². The molecule has 0 radical (unpaired) electrons. The summed E-state index contributed by atoms with van der Waals surface area (Å²) in [6.07, 6.45) is 1.86. The van der Waals surface area contributed by atoms with Gasteiger partial charge in [-0.2, -0.15) is 17.0 Å². The molecule has 6 nitrogen and oxygen atoms in total. The molecule has 1 fully saturated rings. The summed E-state index contributed by atoms with van der Waals surface area (Å²) in [7, 11) is 1.80. The van der Waals surface area contributed by atoms with E-state index >= 15 is 0 Å². The molecule has 1 saturated heterocycles. The molecule has 1 heterocycles. The van der Waals surface area contributed by atoms with Crippen molar-refractivity contribution in [3.8, 4) is 0 Å². The van der Waals surface area contributed by atoms with E-state index in [-0.39, 0.29) is 0 Å². The number of nitrogens with zero attached hydrogens (tertiary/aromatic N) is 2. The third-order valence-electron chi connectivity index (χ3n) is 3.40. The molecule has 0 bridgehead atoms. The summed E-state index contributed by atoms with van der Waals surface area (Å²) in [5.41, 5.74) is 0. The van der Waals surface area contributed by atoms with Crippen molar-refractivity contribution < 1.29 is 13.2 Å². The van der Waals surface area contributed by atoms with Crippen molar-refractivity contribution in [2.75, 3.05) is 54.0 Å². The summed E-state index contributed by atoms with van der Waals surface area (Å²) < 4.78 is 32.3. The number of piperidine rings is 1. The summed E-state index contributed by atoms with van der Waals surface area (Å²) in [6, 6.07) is 0. The average molecular weight is 279 g/mol. The fourth-order valence-corrected chi connectivity index (χ4v) is 3.54. The Balaban J connectivity index is 2.49. The number of hydrogen-bond acceptors (Lipinski definition) is 4. The Morgan fingerprint density at radius 2 is 2.00 bits per heavy atom. The van der Waals surface area contributed by atoms with E-state index in [1.54, 1.807) is 18.5 Å². The minimum atomic E-state index is -3.31. The van der Waals surface area contributed by atoms with Crippen LogP contribution >= 0.6 is 0 Å². The van der Waals surface area contributed by atoms with Gasteiger partial charge in [0.1, 0.15) is 0 Å². The van der Waals surface area contributed by atoms with E-state index < -0.39 is 10.2 Å². The highest BCUT2D eigenvalue weighted by atomic mass is 32.2. The lowest BCUT2D eigenvalue weighted by Gasteiger charge is -2.33. The van der Waals surface area contributed by atoms with Gasteiger partial charge in [-0.15, -0.1) is 0 Å². The van der Waals surface area contributed by atoms with Gasteiger partial charge in [0.15, 0.2) is 0 Å². The van der Waals surface area contributed by atoms with Crippen molar-refractivity contribution in [2.24, 2.45) is 5.92 Å². The van der Waals surface area contributed by atoms with Gasteiger partial charge in [0.25, 0.3) is 10.2 Å². The van der Waals surface area contributed by atoms with E-state index in [0.717, 1.165) is 19.4 Å². The van der Waals surface area contributed by atoms with Crippen LogP contribution in [0.4, 0.5) is 0 Å². The van der Waals surface area contributed by atoms with Crippen molar-refractivity contribution in [3.05, 3.63) is 0 Å². The molecule has 1 aliphatic heterocycles. The molecule has 0 aromatic rings. The van der Waals surface area contributed by atoms with Gasteiger partial charge in [-0.1, -0.05) is 0 Å². The van der Waals surface area contributed by atoms with Crippen LogP contribution in [0.25, 0.3) is 0 Å². The number of hydrogen-bond donors (Lipinski definition) is 1. The quantitative estimate of drug-likeness (QED) is 0.697. The van der Waals surface area contributed by atoms with E-state index in [9.17, 15) is 8.42 Å². The number of methoxy groups -OCH3 is 1. The predicted molar refractivity (Wildman–Crippen MR) is 71.6 cm³/mol. The van der Waals surface area contributed by atoms with Crippen LogP contribution in [-0.2, 0) is 14.9 Å². The Morgan fingerprint density at radius 1 is 1.39 bits per heavy atom. The monoisotopic (exact) mass is 279 g/mol. The third kappa shape index (κ3) is 4.17. The van der Waals surface area contributed by atoms with Crippen molar-refractivity contribution in [1.82, 2.24) is 13.9 Å². The fourth-order valence-electron chi connectivity index (χ4n) is 2.17. The zero-order valence-electron chi connectivity index (χ0n) is 11.6. The zero-order valence-corrected chi connectivity index (χ0v) is 12.4. The third-order valence-corrected chi connectivity index (χ3v) is 5.38. The molecule has 0 aromatic heterocycles. The Bertz CT molecular complexity index is 326. The van der Waals surface area contributed by atoms with Crippen LogP contribution < -0.4 is 5.32 Å². The SMILES string of the molecule is CNCC1CCN(S(=O)(=O)N(C)CCOC)CC1. The largest absolute Gasteiger partial charge is 0.383 e. The smallest absolute Gasteiger partial charge is 0.281 e. The Hall–Kier alpha value is -0.210. The fraction of sp³-hybridized carbons (Fsp3) is 1.00. The minimum Gasteiger partial charge on any atom is -0.383 e. The summed E-state index contributed by atoms with van der Waals surface area (Å²) in [5, 5.41) is 3.15. The number of rotatable bonds is 7. The van der Waals surface area contributed by atoms with Crippen LogP contribution in [0.1, 0.15) is 12.8 Å². The van der Waals surface area contributed by atoms with Crippen LogP contribution in [0, 0.1) is 5.92 Å². The van der Waals surface area contributed by atoms with Crippen molar-refractivity contribution >= 4 is 10.2 Å². The lowest BCUT2D eigenvalue weighted by atomic mass is 9.98. The van der Waals surface area contributed by atoms with Gasteiger partial charge in [-0.05, 0) is 32.4 Å². The van der Waals surface area contributed by atoms with Gasteiger partial charge in [-0.3, -0.25) is 0 Å². The molecule has 1 N–H and O–H groups in total. The standard InChI is InChI=1S/C11H25N3O3S/c1-12-10-11-4-6-14(7-5-11)18(15,16)13(2)8-9-17-3/h11-12H,4-10H2,1-3H3. The Labute approximate surface area is 110 Å². The van der Waals surface area contributed by atoms with Crippen molar-refractivity contribution in [3.63, 3.8) is 0 Å². The first-order valence-electron chi connectivity index (χ1n) is 6.37. The molecular weight excluding hydrogens is 254 g/mol. The molecule has 0 spiro atoms. The molecule has 0 aromatic carbocycles. The Morgan fingerprint density at radius 3 is 2.50 bits per heavy atom. The second kappa shape index (κ2) is 7.40. The van der Waals surface area contributed by atoms with E-state index in [0.29, 0.717) is 32.2 Å². The normalized spacial score (nSPS) is 19.6. The zero-order chi connectivity index (χ0) is 13.6. The van der Waals surface area contributed by atoms with Crippen LogP contribution in [-0.4, -0.2) is 71.0 Å². The van der Waals surface area contributed by atoms with E-state index in [4.69, 9.17) is 4.74 Å². The Kier molecular flexibility index (Phi) is 6.51. The molecule has 1 rings (SSSR count). The number of ether oxygens (including phenoxy) is 1. The molecule has 1 aliphatic rings. The lowest BCUT2D eigenvalue weighted by molar-refractivity contribution is 0.180. The molecule has 0 unspecified atom stereocenters.